The van der Waals surface area contributed by atoms with Gasteiger partial charge in [-0.15, -0.1) is 0 Å². The lowest BCUT2D eigenvalue weighted by Crippen LogP contribution is -2.43. The summed E-state index contributed by atoms with van der Waals surface area (Å²) in [5.74, 6) is 5.25. The van der Waals surface area contributed by atoms with Crippen molar-refractivity contribution in [3.8, 4) is 11.8 Å². The largest absolute Gasteiger partial charge is 0.387 e. The van der Waals surface area contributed by atoms with Crippen LogP contribution in [0.5, 0.6) is 0 Å². The second-order valence-corrected chi connectivity index (χ2v) is 10.2. The van der Waals surface area contributed by atoms with E-state index in [0.29, 0.717) is 10.7 Å². The lowest BCUT2D eigenvalue weighted by molar-refractivity contribution is -0.137. The third kappa shape index (κ3) is 5.11. The lowest BCUT2D eigenvalue weighted by Gasteiger charge is -2.19. The molecular formula is C25H25ClN8O5. The lowest BCUT2D eigenvalue weighted by atomic mass is 10.1. The molecule has 0 aromatic carbocycles. The van der Waals surface area contributed by atoms with Crippen LogP contribution < -0.4 is 11.1 Å². The maximum absolute atomic E-state index is 13.0. The van der Waals surface area contributed by atoms with Crippen LogP contribution in [-0.2, 0) is 9.53 Å². The van der Waals surface area contributed by atoms with Gasteiger partial charge in [-0.2, -0.15) is 0 Å². The highest BCUT2D eigenvalue weighted by atomic mass is 35.5. The number of carbonyl (C=O) groups excluding carboxylic acids is 2. The summed E-state index contributed by atoms with van der Waals surface area (Å²) in [7, 11) is 0. The molecule has 6 rings (SSSR count). The van der Waals surface area contributed by atoms with Gasteiger partial charge >= 0.3 is 0 Å². The van der Waals surface area contributed by atoms with Crippen LogP contribution in [0.1, 0.15) is 48.1 Å². The standard InChI is InChI=1S/C25H25ClN8O5/c26-15-8-3-12(10-28-15)24(38)33(14-6-7-14)9-1-2-16-31-21(27)17-22(32-16)34(11-29-17)25-19(36)18(35)20(39-25)23(37)30-13-4-5-13/h3,8,10-11,13-14,18-20,25,35-36H,4-7,9H2,(H,30,37)(H2,27,31,32)/t18-,19+,20?,25?/m0/s1. The first kappa shape index (κ1) is 25.4. The highest BCUT2D eigenvalue weighted by Gasteiger charge is 2.48. The van der Waals surface area contributed by atoms with Gasteiger partial charge in [0.2, 0.25) is 5.82 Å². The first-order valence-corrected chi connectivity index (χ1v) is 12.9. The van der Waals surface area contributed by atoms with Crippen molar-refractivity contribution in [2.45, 2.75) is 62.3 Å². The van der Waals surface area contributed by atoms with Crippen molar-refractivity contribution in [2.75, 3.05) is 12.3 Å². The molecule has 1 aliphatic heterocycles. The zero-order valence-corrected chi connectivity index (χ0v) is 21.3. The van der Waals surface area contributed by atoms with Gasteiger partial charge in [-0.25, -0.2) is 19.9 Å². The first-order valence-electron chi connectivity index (χ1n) is 12.5. The molecule has 5 N–H and O–H groups in total. The summed E-state index contributed by atoms with van der Waals surface area (Å²) in [6.45, 7) is 0.140. The number of hydrogen-bond donors (Lipinski definition) is 4. The fourth-order valence-electron chi connectivity index (χ4n) is 4.42. The number of imidazole rings is 1. The molecular weight excluding hydrogens is 528 g/mol. The number of nitrogens with zero attached hydrogens (tertiary/aromatic N) is 6. The highest BCUT2D eigenvalue weighted by molar-refractivity contribution is 6.29. The highest BCUT2D eigenvalue weighted by Crippen LogP contribution is 2.33. The number of hydrogen-bond acceptors (Lipinski definition) is 10. The summed E-state index contributed by atoms with van der Waals surface area (Å²) in [5, 5.41) is 24.2. The zero-order valence-electron chi connectivity index (χ0n) is 20.6. The molecule has 3 aromatic heterocycles. The number of halogens is 1. The van der Waals surface area contributed by atoms with Gasteiger partial charge in [0.1, 0.15) is 22.9 Å². The summed E-state index contributed by atoms with van der Waals surface area (Å²) in [4.78, 5) is 44.0. The number of aromatic nitrogens is 5. The molecule has 2 saturated carbocycles. The SMILES string of the molecule is Nc1nc(C#CCN(C(=O)c2ccc(Cl)nc2)C2CC2)nc2c1ncn2C1OC(C(=O)NC2CC2)[C@@H](O)[C@H]1O. The van der Waals surface area contributed by atoms with Crippen molar-refractivity contribution in [1.29, 1.82) is 0 Å². The van der Waals surface area contributed by atoms with E-state index in [9.17, 15) is 19.8 Å². The minimum absolute atomic E-state index is 0.0569. The summed E-state index contributed by atoms with van der Waals surface area (Å²) >= 11 is 5.84. The number of pyridine rings is 1. The van der Waals surface area contributed by atoms with Crippen LogP contribution in [0.2, 0.25) is 5.15 Å². The van der Waals surface area contributed by atoms with Crippen LogP contribution in [0.4, 0.5) is 5.82 Å². The van der Waals surface area contributed by atoms with E-state index in [1.807, 2.05) is 0 Å². The number of fused-ring (bicyclic) bond motifs is 1. The number of aliphatic hydroxyl groups excluding tert-OH is 2. The van der Waals surface area contributed by atoms with Crippen LogP contribution in [0.3, 0.4) is 0 Å². The van der Waals surface area contributed by atoms with Gasteiger partial charge in [-0.3, -0.25) is 14.2 Å². The van der Waals surface area contributed by atoms with Crippen molar-refractivity contribution in [3.05, 3.63) is 41.2 Å². The van der Waals surface area contributed by atoms with Gasteiger partial charge in [0.15, 0.2) is 23.8 Å². The van der Waals surface area contributed by atoms with E-state index in [0.717, 1.165) is 25.7 Å². The second-order valence-electron chi connectivity index (χ2n) is 9.80. The number of ether oxygens (including phenoxy) is 1. The number of amides is 2. The average molecular weight is 553 g/mol. The first-order chi connectivity index (χ1) is 18.8. The molecule has 4 atom stereocenters. The molecule has 3 aliphatic rings. The molecule has 14 heteroatoms. The van der Waals surface area contributed by atoms with E-state index < -0.39 is 30.4 Å². The van der Waals surface area contributed by atoms with Gasteiger partial charge in [0, 0.05) is 18.3 Å². The van der Waals surface area contributed by atoms with E-state index >= 15 is 0 Å². The predicted octanol–water partition coefficient (Wildman–Crippen LogP) is 0.0110. The van der Waals surface area contributed by atoms with E-state index in [4.69, 9.17) is 22.1 Å². The molecule has 0 spiro atoms. The number of nitrogens with two attached hydrogens (primary N) is 1. The Morgan fingerprint density at radius 2 is 1.97 bits per heavy atom. The van der Waals surface area contributed by atoms with Crippen molar-refractivity contribution in [3.63, 3.8) is 0 Å². The predicted molar refractivity (Wildman–Crippen MR) is 137 cm³/mol. The molecule has 4 heterocycles. The molecule has 39 heavy (non-hydrogen) atoms. The van der Waals surface area contributed by atoms with Gasteiger partial charge in [-0.05, 0) is 43.7 Å². The van der Waals surface area contributed by atoms with Gasteiger partial charge in [0.25, 0.3) is 11.8 Å². The molecule has 3 aromatic rings. The number of carbonyl (C=O) groups is 2. The van der Waals surface area contributed by atoms with Gasteiger partial charge in [0.05, 0.1) is 18.4 Å². The molecule has 202 valence electrons. The molecule has 3 fully saturated rings. The maximum atomic E-state index is 13.0. The smallest absolute Gasteiger partial charge is 0.256 e. The monoisotopic (exact) mass is 552 g/mol. The van der Waals surface area contributed by atoms with E-state index in [2.05, 4.69) is 37.1 Å². The van der Waals surface area contributed by atoms with Gasteiger partial charge < -0.3 is 30.9 Å². The summed E-state index contributed by atoms with van der Waals surface area (Å²) in [5.41, 5.74) is 6.99. The van der Waals surface area contributed by atoms with E-state index in [-0.39, 0.29) is 47.3 Å². The quantitative estimate of drug-likeness (QED) is 0.240. The number of aliphatic hydroxyl groups is 2. The van der Waals surface area contributed by atoms with Crippen molar-refractivity contribution in [2.24, 2.45) is 0 Å². The zero-order chi connectivity index (χ0) is 27.3. The van der Waals surface area contributed by atoms with Crippen molar-refractivity contribution < 1.29 is 24.5 Å². The third-order valence-corrected chi connectivity index (χ3v) is 7.04. The Labute approximate surface area is 227 Å². The number of rotatable bonds is 6. The van der Waals surface area contributed by atoms with Crippen LogP contribution in [-0.4, -0.2) is 88.4 Å². The van der Waals surface area contributed by atoms with Crippen molar-refractivity contribution in [1.82, 2.24) is 34.7 Å². The Hall–Kier alpha value is -3.83. The Bertz CT molecular complexity index is 1490. The maximum Gasteiger partial charge on any atom is 0.256 e. The number of nitrogen functional groups attached to an aromatic ring is 1. The molecule has 0 bridgehead atoms. The second kappa shape index (κ2) is 10.0. The Kier molecular flexibility index (Phi) is 6.56. The average Bonchev–Trinajstić information content (AvgIpc) is 3.85. The van der Waals surface area contributed by atoms with Crippen LogP contribution in [0.15, 0.2) is 24.7 Å². The van der Waals surface area contributed by atoms with Gasteiger partial charge in [-0.1, -0.05) is 17.5 Å². The fourth-order valence-corrected chi connectivity index (χ4v) is 4.53. The summed E-state index contributed by atoms with van der Waals surface area (Å²) < 4.78 is 7.14. The molecule has 13 nitrogen and oxygen atoms in total. The fraction of sp³-hybridized carbons (Fsp3) is 0.440. The minimum atomic E-state index is -1.44. The third-order valence-electron chi connectivity index (χ3n) is 6.82. The molecule has 0 radical (unpaired) electrons. The Balaban J connectivity index is 1.22. The molecule has 2 amide bonds. The van der Waals surface area contributed by atoms with E-state index in [1.165, 1.54) is 17.1 Å². The summed E-state index contributed by atoms with van der Waals surface area (Å²) in [6, 6.07) is 3.35. The summed E-state index contributed by atoms with van der Waals surface area (Å²) in [6.07, 6.45) is 1.07. The van der Waals surface area contributed by atoms with Crippen LogP contribution in [0.25, 0.3) is 11.2 Å². The number of nitrogens with one attached hydrogen (secondary N) is 1. The normalized spacial score (nSPS) is 24.3. The molecule has 2 aliphatic carbocycles. The van der Waals surface area contributed by atoms with Crippen molar-refractivity contribution >= 4 is 40.4 Å². The van der Waals surface area contributed by atoms with Crippen LogP contribution >= 0.6 is 11.6 Å². The molecule has 1 saturated heterocycles. The Morgan fingerprint density at radius 1 is 1.18 bits per heavy atom. The Morgan fingerprint density at radius 3 is 2.67 bits per heavy atom. The number of anilines is 1. The topological polar surface area (TPSA) is 182 Å². The van der Waals surface area contributed by atoms with Crippen LogP contribution in [0, 0.1) is 11.8 Å². The molecule has 2 unspecified atom stereocenters. The minimum Gasteiger partial charge on any atom is -0.387 e. The van der Waals surface area contributed by atoms with E-state index in [1.54, 1.807) is 17.0 Å².